The van der Waals surface area contributed by atoms with Crippen LogP contribution in [0.25, 0.3) is 11.3 Å². The van der Waals surface area contributed by atoms with Crippen LogP contribution in [0.2, 0.25) is 0 Å². The molecule has 1 fully saturated rings. The average Bonchev–Trinajstić information content (AvgIpc) is 2.71. The van der Waals surface area contributed by atoms with Gasteiger partial charge in [0.25, 0.3) is 0 Å². The first-order valence-electron chi connectivity index (χ1n) is 9.60. The SMILES string of the molecule is CC(c1ccc(-c2ccccn2)cc1)N1CCC(CCCNS(C)=O)OC1=O. The molecule has 1 aliphatic heterocycles. The van der Waals surface area contributed by atoms with Crippen LogP contribution in [0.1, 0.15) is 37.8 Å². The fourth-order valence-corrected chi connectivity index (χ4v) is 3.82. The largest absolute Gasteiger partial charge is 0.446 e. The van der Waals surface area contributed by atoms with Crippen molar-refractivity contribution in [2.45, 2.75) is 38.3 Å². The number of nitrogens with zero attached hydrogens (tertiary/aromatic N) is 2. The number of cyclic esters (lactones) is 1. The number of pyridine rings is 1. The van der Waals surface area contributed by atoms with Gasteiger partial charge >= 0.3 is 6.09 Å². The number of hydrogen-bond acceptors (Lipinski definition) is 4. The van der Waals surface area contributed by atoms with E-state index in [0.717, 1.165) is 36.1 Å². The van der Waals surface area contributed by atoms with Crippen molar-refractivity contribution >= 4 is 17.1 Å². The highest BCUT2D eigenvalue weighted by atomic mass is 32.2. The Morgan fingerprint density at radius 1 is 1.29 bits per heavy atom. The molecule has 1 aromatic carbocycles. The molecular formula is C21H27N3O3S. The lowest BCUT2D eigenvalue weighted by Gasteiger charge is -2.36. The Morgan fingerprint density at radius 2 is 2.07 bits per heavy atom. The van der Waals surface area contributed by atoms with E-state index in [4.69, 9.17) is 4.74 Å². The molecule has 0 aliphatic carbocycles. The first kappa shape index (κ1) is 20.5. The number of hydrogen-bond donors (Lipinski definition) is 1. The average molecular weight is 402 g/mol. The van der Waals surface area contributed by atoms with Crippen molar-refractivity contribution in [2.75, 3.05) is 19.3 Å². The molecule has 1 N–H and O–H groups in total. The summed E-state index contributed by atoms with van der Waals surface area (Å²) in [6.07, 6.45) is 5.52. The van der Waals surface area contributed by atoms with E-state index in [0.29, 0.717) is 13.1 Å². The molecule has 1 aromatic heterocycles. The van der Waals surface area contributed by atoms with E-state index >= 15 is 0 Å². The molecule has 1 saturated heterocycles. The van der Waals surface area contributed by atoms with Gasteiger partial charge in [-0.1, -0.05) is 30.3 Å². The van der Waals surface area contributed by atoms with Crippen LogP contribution >= 0.6 is 0 Å². The van der Waals surface area contributed by atoms with Gasteiger partial charge in [-0.2, -0.15) is 0 Å². The van der Waals surface area contributed by atoms with Crippen LogP contribution in [0.3, 0.4) is 0 Å². The van der Waals surface area contributed by atoms with E-state index in [9.17, 15) is 9.00 Å². The summed E-state index contributed by atoms with van der Waals surface area (Å²) in [6.45, 7) is 3.37. The van der Waals surface area contributed by atoms with Gasteiger partial charge in [0.2, 0.25) is 0 Å². The van der Waals surface area contributed by atoms with Gasteiger partial charge in [-0.05, 0) is 37.5 Å². The Morgan fingerprint density at radius 3 is 2.71 bits per heavy atom. The highest BCUT2D eigenvalue weighted by molar-refractivity contribution is 7.82. The zero-order chi connectivity index (χ0) is 19.9. The molecule has 1 amide bonds. The van der Waals surface area contributed by atoms with E-state index < -0.39 is 11.0 Å². The van der Waals surface area contributed by atoms with Gasteiger partial charge < -0.3 is 9.64 Å². The van der Waals surface area contributed by atoms with Crippen LogP contribution in [0, 0.1) is 0 Å². The van der Waals surface area contributed by atoms with Crippen molar-refractivity contribution in [3.05, 3.63) is 54.2 Å². The van der Waals surface area contributed by atoms with E-state index in [-0.39, 0.29) is 18.2 Å². The maximum Gasteiger partial charge on any atom is 0.410 e. The van der Waals surface area contributed by atoms with Crippen molar-refractivity contribution < 1.29 is 13.7 Å². The van der Waals surface area contributed by atoms with Crippen LogP contribution in [-0.4, -0.2) is 45.6 Å². The number of benzene rings is 1. The van der Waals surface area contributed by atoms with Gasteiger partial charge in [-0.3, -0.25) is 4.98 Å². The maximum absolute atomic E-state index is 12.5. The van der Waals surface area contributed by atoms with Crippen molar-refractivity contribution in [3.8, 4) is 11.3 Å². The van der Waals surface area contributed by atoms with Crippen molar-refractivity contribution in [2.24, 2.45) is 0 Å². The number of ether oxygens (including phenoxy) is 1. The Kier molecular flexibility index (Phi) is 7.17. The Hall–Kier alpha value is -2.25. The van der Waals surface area contributed by atoms with Gasteiger partial charge in [-0.15, -0.1) is 0 Å². The predicted molar refractivity (Wildman–Crippen MR) is 111 cm³/mol. The standard InChI is InChI=1S/C21H27N3O3S/c1-16(17-8-10-18(11-9-17)20-7-3-4-13-22-20)24-15-12-19(27-21(24)25)6-5-14-23-28(2)26/h3-4,7-11,13,16,19,23H,5-6,12,14-15H2,1-2H3. The molecule has 0 bridgehead atoms. The fraction of sp³-hybridized carbons (Fsp3) is 0.429. The normalized spacial score (nSPS) is 19.1. The highest BCUT2D eigenvalue weighted by Gasteiger charge is 2.30. The van der Waals surface area contributed by atoms with Crippen LogP contribution in [0.15, 0.2) is 48.7 Å². The van der Waals surface area contributed by atoms with E-state index in [2.05, 4.69) is 9.71 Å². The summed E-state index contributed by atoms with van der Waals surface area (Å²) in [7, 11) is -0.996. The van der Waals surface area contributed by atoms with Crippen molar-refractivity contribution in [1.82, 2.24) is 14.6 Å². The molecule has 3 atom stereocenters. The third-order valence-electron chi connectivity index (χ3n) is 5.02. The van der Waals surface area contributed by atoms with Crippen LogP contribution in [0.5, 0.6) is 0 Å². The number of rotatable bonds is 8. The van der Waals surface area contributed by atoms with Gasteiger partial charge in [0, 0.05) is 37.5 Å². The fourth-order valence-electron chi connectivity index (χ4n) is 3.39. The lowest BCUT2D eigenvalue weighted by molar-refractivity contribution is 0.00942. The summed E-state index contributed by atoms with van der Waals surface area (Å²) in [5, 5.41) is 0. The first-order valence-corrected chi connectivity index (χ1v) is 11.2. The predicted octanol–water partition coefficient (Wildman–Crippen LogP) is 3.68. The monoisotopic (exact) mass is 401 g/mol. The van der Waals surface area contributed by atoms with Gasteiger partial charge in [0.1, 0.15) is 6.10 Å². The molecule has 3 unspecified atom stereocenters. The summed E-state index contributed by atoms with van der Waals surface area (Å²) in [5.74, 6) is 0. The summed E-state index contributed by atoms with van der Waals surface area (Å²) >= 11 is 0. The van der Waals surface area contributed by atoms with E-state index in [1.165, 1.54) is 0 Å². The maximum atomic E-state index is 12.5. The van der Waals surface area contributed by atoms with E-state index in [1.807, 2.05) is 49.4 Å². The second-order valence-electron chi connectivity index (χ2n) is 6.99. The zero-order valence-corrected chi connectivity index (χ0v) is 17.2. The zero-order valence-electron chi connectivity index (χ0n) is 16.3. The molecule has 6 nitrogen and oxygen atoms in total. The minimum Gasteiger partial charge on any atom is -0.446 e. The number of carbonyl (C=O) groups is 1. The molecule has 3 rings (SSSR count). The third kappa shape index (κ3) is 5.39. The molecule has 0 radical (unpaired) electrons. The third-order valence-corrected chi connectivity index (χ3v) is 5.63. The minimum atomic E-state index is -0.996. The molecule has 7 heteroatoms. The summed E-state index contributed by atoms with van der Waals surface area (Å²) in [4.78, 5) is 18.6. The number of amides is 1. The molecule has 28 heavy (non-hydrogen) atoms. The number of aromatic nitrogens is 1. The first-order chi connectivity index (χ1) is 13.5. The van der Waals surface area contributed by atoms with Gasteiger partial charge in [-0.25, -0.2) is 13.7 Å². The summed E-state index contributed by atoms with van der Waals surface area (Å²) in [6, 6.07) is 14.0. The quantitative estimate of drug-likeness (QED) is 0.685. The molecule has 2 aromatic rings. The van der Waals surface area contributed by atoms with Crippen LogP contribution in [0.4, 0.5) is 4.79 Å². The Balaban J connectivity index is 1.54. The smallest absolute Gasteiger partial charge is 0.410 e. The summed E-state index contributed by atoms with van der Waals surface area (Å²) in [5.41, 5.74) is 3.06. The molecule has 2 heterocycles. The van der Waals surface area contributed by atoms with E-state index in [1.54, 1.807) is 17.4 Å². The Labute approximate surface area is 168 Å². The number of nitrogens with one attached hydrogen (secondary N) is 1. The molecule has 0 spiro atoms. The second-order valence-corrected chi connectivity index (χ2v) is 8.19. The van der Waals surface area contributed by atoms with Crippen LogP contribution < -0.4 is 4.72 Å². The Bertz CT molecular complexity index is 798. The minimum absolute atomic E-state index is 0.0459. The highest BCUT2D eigenvalue weighted by Crippen LogP contribution is 2.28. The topological polar surface area (TPSA) is 71.5 Å². The van der Waals surface area contributed by atoms with Gasteiger partial charge in [0.05, 0.1) is 22.7 Å². The molecule has 1 aliphatic rings. The second kappa shape index (κ2) is 9.80. The summed E-state index contributed by atoms with van der Waals surface area (Å²) < 4.78 is 19.5. The van der Waals surface area contributed by atoms with Crippen molar-refractivity contribution in [3.63, 3.8) is 0 Å². The van der Waals surface area contributed by atoms with Gasteiger partial charge in [0.15, 0.2) is 0 Å². The van der Waals surface area contributed by atoms with Crippen LogP contribution in [-0.2, 0) is 15.7 Å². The van der Waals surface area contributed by atoms with Crippen molar-refractivity contribution in [1.29, 1.82) is 0 Å². The molecule has 150 valence electrons. The molecule has 0 saturated carbocycles. The lowest BCUT2D eigenvalue weighted by Crippen LogP contribution is -2.43. The number of carbonyl (C=O) groups excluding carboxylic acids is 1. The lowest BCUT2D eigenvalue weighted by atomic mass is 10.0. The molecular weight excluding hydrogens is 374 g/mol.